The van der Waals surface area contributed by atoms with Crippen molar-refractivity contribution in [1.82, 2.24) is 0 Å². The molecule has 0 saturated carbocycles. The van der Waals surface area contributed by atoms with E-state index in [-0.39, 0.29) is 0 Å². The fourth-order valence-electron chi connectivity index (χ4n) is 2.20. The third-order valence-electron chi connectivity index (χ3n) is 2.42. The molecule has 0 aliphatic carbocycles. The summed E-state index contributed by atoms with van der Waals surface area (Å²) in [4.78, 5) is 1.50. The van der Waals surface area contributed by atoms with E-state index >= 15 is 0 Å². The minimum Gasteiger partial charge on any atom is -0.373 e. The van der Waals surface area contributed by atoms with Crippen LogP contribution in [0.2, 0.25) is 0 Å². The third-order valence-corrected chi connectivity index (χ3v) is 2.42. The Kier molecular flexibility index (Phi) is 4.24. The van der Waals surface area contributed by atoms with Crippen molar-refractivity contribution in [2.24, 2.45) is 0 Å². The smallest absolute Gasteiger partial charge is 0.0908 e. The van der Waals surface area contributed by atoms with Gasteiger partial charge in [-0.05, 0) is 34.1 Å². The second-order valence-electron chi connectivity index (χ2n) is 5.06. The fraction of sp³-hybridized carbons (Fsp3) is 1.00. The zero-order valence-corrected chi connectivity index (χ0v) is 9.04. The molecule has 1 fully saturated rings. The molecule has 2 N–H and O–H groups in total. The maximum absolute atomic E-state index is 6.75. The van der Waals surface area contributed by atoms with Crippen LogP contribution in [-0.4, -0.2) is 11.1 Å². The van der Waals surface area contributed by atoms with Crippen LogP contribution in [0.25, 0.3) is 16.0 Å². The van der Waals surface area contributed by atoms with Crippen molar-refractivity contribution in [3.63, 3.8) is 0 Å². The van der Waals surface area contributed by atoms with Crippen LogP contribution < -0.4 is 5.32 Å². The SMILES string of the molecule is CC1(C)CCCC(C)(C)[NH2+]1.[N-]=[N+]=[N-]. The Morgan fingerprint density at radius 1 is 1.00 bits per heavy atom. The standard InChI is InChI=1S/C9H19N.N3/c1-8(2)6-5-7-9(3,4)10-8;1-3-2/h10H,5-7H2,1-4H3;/q;-1/p+1. The number of nitrogens with zero attached hydrogens (tertiary/aromatic N) is 3. The summed E-state index contributed by atoms with van der Waals surface area (Å²) >= 11 is 0. The molecule has 0 aromatic carbocycles. The molecule has 0 amide bonds. The molecule has 0 aromatic rings. The first-order valence-corrected chi connectivity index (χ1v) is 4.68. The zero-order chi connectivity index (χ0) is 10.5. The summed E-state index contributed by atoms with van der Waals surface area (Å²) in [7, 11) is 0. The van der Waals surface area contributed by atoms with Crippen molar-refractivity contribution in [3.05, 3.63) is 16.0 Å². The molecule has 13 heavy (non-hydrogen) atoms. The van der Waals surface area contributed by atoms with Gasteiger partial charge < -0.3 is 16.4 Å². The summed E-state index contributed by atoms with van der Waals surface area (Å²) in [6, 6.07) is 0. The Morgan fingerprint density at radius 2 is 1.31 bits per heavy atom. The second kappa shape index (κ2) is 4.49. The number of nitrogens with two attached hydrogens (primary N) is 1. The number of hydrogen-bond donors (Lipinski definition) is 1. The molecule has 76 valence electrons. The van der Waals surface area contributed by atoms with Crippen LogP contribution in [0, 0.1) is 0 Å². The van der Waals surface area contributed by atoms with E-state index in [1.54, 1.807) is 0 Å². The Hall–Kier alpha value is -0.730. The minimum atomic E-state index is 0.488. The van der Waals surface area contributed by atoms with Gasteiger partial charge in [-0.3, -0.25) is 4.91 Å². The Bertz CT molecular complexity index is 176. The van der Waals surface area contributed by atoms with Crippen LogP contribution in [-0.2, 0) is 0 Å². The predicted octanol–water partition coefficient (Wildman–Crippen LogP) is 2.16. The largest absolute Gasteiger partial charge is 0.373 e. The topological polar surface area (TPSA) is 75.3 Å². The molecule has 1 heterocycles. The third kappa shape index (κ3) is 5.50. The van der Waals surface area contributed by atoms with Gasteiger partial charge >= 0.3 is 0 Å². The zero-order valence-electron chi connectivity index (χ0n) is 9.04. The Balaban J connectivity index is 0.000000424. The van der Waals surface area contributed by atoms with E-state index in [9.17, 15) is 0 Å². The lowest BCUT2D eigenvalue weighted by Gasteiger charge is -2.38. The Morgan fingerprint density at radius 3 is 1.46 bits per heavy atom. The highest BCUT2D eigenvalue weighted by Gasteiger charge is 2.35. The lowest BCUT2D eigenvalue weighted by atomic mass is 9.83. The van der Waals surface area contributed by atoms with Crippen molar-refractivity contribution in [2.45, 2.75) is 58.0 Å². The fourth-order valence-corrected chi connectivity index (χ4v) is 2.20. The first-order valence-electron chi connectivity index (χ1n) is 4.68. The highest BCUT2D eigenvalue weighted by molar-refractivity contribution is 4.77. The molecule has 0 spiro atoms. The van der Waals surface area contributed by atoms with E-state index in [4.69, 9.17) is 11.1 Å². The molecule has 1 aliphatic heterocycles. The van der Waals surface area contributed by atoms with E-state index < -0.39 is 0 Å². The summed E-state index contributed by atoms with van der Waals surface area (Å²) in [6.45, 7) is 9.36. The van der Waals surface area contributed by atoms with Crippen LogP contribution in [0.5, 0.6) is 0 Å². The first kappa shape index (κ1) is 12.3. The van der Waals surface area contributed by atoms with E-state index in [1.807, 2.05) is 0 Å². The molecule has 0 unspecified atom stereocenters. The highest BCUT2D eigenvalue weighted by atomic mass is 15.0. The molecule has 0 radical (unpaired) electrons. The van der Waals surface area contributed by atoms with Crippen molar-refractivity contribution in [2.75, 3.05) is 0 Å². The summed E-state index contributed by atoms with van der Waals surface area (Å²) in [5, 5.41) is 2.52. The number of quaternary nitrogens is 1. The van der Waals surface area contributed by atoms with Gasteiger partial charge in [-0.15, -0.1) is 0 Å². The van der Waals surface area contributed by atoms with Gasteiger partial charge in [-0.1, -0.05) is 0 Å². The number of rotatable bonds is 0. The maximum atomic E-state index is 6.75. The molecular weight excluding hydrogens is 164 g/mol. The van der Waals surface area contributed by atoms with E-state index in [0.717, 1.165) is 0 Å². The molecule has 1 rings (SSSR count). The van der Waals surface area contributed by atoms with Gasteiger partial charge in [-0.2, -0.15) is 0 Å². The van der Waals surface area contributed by atoms with Crippen LogP contribution in [0.4, 0.5) is 0 Å². The lowest BCUT2D eigenvalue weighted by molar-refractivity contribution is -0.787. The molecule has 0 atom stereocenters. The molecule has 1 saturated heterocycles. The molecule has 1 aliphatic rings. The van der Waals surface area contributed by atoms with Crippen LogP contribution in [0.3, 0.4) is 0 Å². The van der Waals surface area contributed by atoms with Gasteiger partial charge in [0.15, 0.2) is 0 Å². The van der Waals surface area contributed by atoms with Gasteiger partial charge in [-0.25, -0.2) is 0 Å². The molecule has 0 aromatic heterocycles. The van der Waals surface area contributed by atoms with Gasteiger partial charge in [0.05, 0.1) is 11.1 Å². The normalized spacial score (nSPS) is 23.7. The summed E-state index contributed by atoms with van der Waals surface area (Å²) < 4.78 is 0. The van der Waals surface area contributed by atoms with Crippen molar-refractivity contribution in [3.8, 4) is 0 Å². The van der Waals surface area contributed by atoms with Crippen molar-refractivity contribution in [1.29, 1.82) is 0 Å². The molecular formula is C9H20N4. The first-order chi connectivity index (χ1) is 5.83. The van der Waals surface area contributed by atoms with Crippen LogP contribution >= 0.6 is 0 Å². The van der Waals surface area contributed by atoms with Gasteiger partial charge in [0.25, 0.3) is 0 Å². The van der Waals surface area contributed by atoms with E-state index in [2.05, 4.69) is 33.0 Å². The quantitative estimate of drug-likeness (QED) is 0.340. The van der Waals surface area contributed by atoms with E-state index in [0.29, 0.717) is 11.1 Å². The predicted molar refractivity (Wildman–Crippen MR) is 54.0 cm³/mol. The van der Waals surface area contributed by atoms with Gasteiger partial charge in [0.1, 0.15) is 0 Å². The molecule has 4 nitrogen and oxygen atoms in total. The molecule has 4 heteroatoms. The maximum Gasteiger partial charge on any atom is 0.0908 e. The summed E-state index contributed by atoms with van der Waals surface area (Å²) in [5.74, 6) is 0. The minimum absolute atomic E-state index is 0.488. The van der Waals surface area contributed by atoms with Crippen LogP contribution in [0.15, 0.2) is 0 Å². The van der Waals surface area contributed by atoms with Crippen LogP contribution in [0.1, 0.15) is 47.0 Å². The number of piperidine rings is 1. The van der Waals surface area contributed by atoms with Gasteiger partial charge in [0, 0.05) is 12.8 Å². The monoisotopic (exact) mass is 184 g/mol. The van der Waals surface area contributed by atoms with Crippen molar-refractivity contribution < 1.29 is 5.32 Å². The summed E-state index contributed by atoms with van der Waals surface area (Å²) in [6.07, 6.45) is 4.14. The average molecular weight is 184 g/mol. The Labute approximate surface area is 80.1 Å². The average Bonchev–Trinajstić information content (AvgIpc) is 1.82. The lowest BCUT2D eigenvalue weighted by Crippen LogP contribution is -3.04. The number of hydrogen-bond acceptors (Lipinski definition) is 0. The summed E-state index contributed by atoms with van der Waals surface area (Å²) in [5.41, 5.74) is 14.5. The second-order valence-corrected chi connectivity index (χ2v) is 5.06. The highest BCUT2D eigenvalue weighted by Crippen LogP contribution is 2.20. The van der Waals surface area contributed by atoms with E-state index in [1.165, 1.54) is 24.2 Å². The van der Waals surface area contributed by atoms with Crippen molar-refractivity contribution >= 4 is 0 Å². The molecule has 0 bridgehead atoms. The van der Waals surface area contributed by atoms with Gasteiger partial charge in [0.2, 0.25) is 0 Å².